The van der Waals surface area contributed by atoms with Crippen LogP contribution in [0.1, 0.15) is 28.9 Å². The number of amides is 1. The summed E-state index contributed by atoms with van der Waals surface area (Å²) in [7, 11) is 0. The van der Waals surface area contributed by atoms with Crippen molar-refractivity contribution in [2.75, 3.05) is 0 Å². The lowest BCUT2D eigenvalue weighted by Crippen LogP contribution is -2.46. The molecule has 1 amide bonds. The summed E-state index contributed by atoms with van der Waals surface area (Å²) < 4.78 is 37.2. The maximum atomic E-state index is 12.4. The summed E-state index contributed by atoms with van der Waals surface area (Å²) in [5.41, 5.74) is 4.38. The minimum atomic E-state index is -4.51. The highest BCUT2D eigenvalue weighted by Crippen LogP contribution is 2.33. The molecule has 21 heavy (non-hydrogen) atoms. The number of nitrogens with two attached hydrogens (primary N) is 1. The van der Waals surface area contributed by atoms with E-state index in [1.165, 1.54) is 0 Å². The zero-order valence-electron chi connectivity index (χ0n) is 10.8. The molecule has 6 nitrogen and oxygen atoms in total. The Morgan fingerprint density at radius 1 is 1.48 bits per heavy atom. The van der Waals surface area contributed by atoms with Gasteiger partial charge in [0.2, 0.25) is 0 Å². The van der Waals surface area contributed by atoms with Crippen molar-refractivity contribution in [3.05, 3.63) is 29.6 Å². The molecule has 0 radical (unpaired) electrons. The van der Waals surface area contributed by atoms with Gasteiger partial charge in [-0.05, 0) is 30.9 Å². The molecule has 4 N–H and O–H groups in total. The molecule has 1 aromatic rings. The first-order chi connectivity index (χ1) is 9.82. The van der Waals surface area contributed by atoms with Crippen molar-refractivity contribution < 1.29 is 23.2 Å². The van der Waals surface area contributed by atoms with Crippen LogP contribution in [0, 0.1) is 5.92 Å². The molecule has 114 valence electrons. The molecule has 0 bridgehead atoms. The van der Waals surface area contributed by atoms with E-state index in [4.69, 9.17) is 10.9 Å². The van der Waals surface area contributed by atoms with Crippen LogP contribution >= 0.6 is 0 Å². The van der Waals surface area contributed by atoms with Crippen LogP contribution in [0.3, 0.4) is 0 Å². The molecule has 1 fully saturated rings. The van der Waals surface area contributed by atoms with E-state index in [1.807, 2.05) is 0 Å². The van der Waals surface area contributed by atoms with Crippen molar-refractivity contribution in [2.45, 2.75) is 25.1 Å². The average Bonchev–Trinajstić information content (AvgIpc) is 3.27. The molecule has 0 aromatic carbocycles. The SMILES string of the molecule is N/C(=N/O)C(NC(=O)c1ccc(C(F)(F)F)cn1)C1CC1. The molecule has 1 heterocycles. The maximum absolute atomic E-state index is 12.4. The van der Waals surface area contributed by atoms with Crippen LogP contribution in [-0.4, -0.2) is 28.0 Å². The number of nitrogens with zero attached hydrogens (tertiary/aromatic N) is 2. The summed E-state index contributed by atoms with van der Waals surface area (Å²) in [5, 5.41) is 14.0. The van der Waals surface area contributed by atoms with Crippen LogP contribution in [0.5, 0.6) is 0 Å². The Balaban J connectivity index is 2.09. The monoisotopic (exact) mass is 302 g/mol. The molecule has 1 aromatic heterocycles. The first-order valence-electron chi connectivity index (χ1n) is 6.14. The Hall–Kier alpha value is -2.32. The van der Waals surface area contributed by atoms with Crippen molar-refractivity contribution in [1.82, 2.24) is 10.3 Å². The van der Waals surface area contributed by atoms with Gasteiger partial charge < -0.3 is 16.3 Å². The highest BCUT2D eigenvalue weighted by atomic mass is 19.4. The summed E-state index contributed by atoms with van der Waals surface area (Å²) in [4.78, 5) is 15.4. The molecule has 0 spiro atoms. The lowest BCUT2D eigenvalue weighted by molar-refractivity contribution is -0.137. The predicted molar refractivity (Wildman–Crippen MR) is 66.6 cm³/mol. The number of rotatable bonds is 4. The van der Waals surface area contributed by atoms with Gasteiger partial charge in [-0.2, -0.15) is 13.2 Å². The second-order valence-electron chi connectivity index (χ2n) is 4.74. The lowest BCUT2D eigenvalue weighted by atomic mass is 10.1. The molecule has 1 unspecified atom stereocenters. The molecular weight excluding hydrogens is 289 g/mol. The number of amidine groups is 1. The van der Waals surface area contributed by atoms with Crippen molar-refractivity contribution in [2.24, 2.45) is 16.8 Å². The number of hydrogen-bond donors (Lipinski definition) is 3. The first kappa shape index (κ1) is 15.1. The Kier molecular flexibility index (Phi) is 4.01. The minimum absolute atomic E-state index is 0.0688. The second kappa shape index (κ2) is 5.58. The molecule has 1 aliphatic carbocycles. The zero-order valence-corrected chi connectivity index (χ0v) is 10.8. The smallest absolute Gasteiger partial charge is 0.409 e. The van der Waals surface area contributed by atoms with E-state index in [1.54, 1.807) is 0 Å². The molecule has 0 saturated heterocycles. The largest absolute Gasteiger partial charge is 0.417 e. The Morgan fingerprint density at radius 2 is 2.14 bits per heavy atom. The summed E-state index contributed by atoms with van der Waals surface area (Å²) in [5.74, 6) is -0.746. The van der Waals surface area contributed by atoms with Gasteiger partial charge in [0.15, 0.2) is 5.84 Å². The number of alkyl halides is 3. The van der Waals surface area contributed by atoms with Gasteiger partial charge in [-0.3, -0.25) is 9.78 Å². The highest BCUT2D eigenvalue weighted by molar-refractivity contribution is 5.97. The van der Waals surface area contributed by atoms with Crippen LogP contribution in [0.15, 0.2) is 23.5 Å². The van der Waals surface area contributed by atoms with Crippen molar-refractivity contribution >= 4 is 11.7 Å². The molecule has 1 atom stereocenters. The molecule has 0 aliphatic heterocycles. The summed E-state index contributed by atoms with van der Waals surface area (Å²) in [6.07, 6.45) is -2.28. The van der Waals surface area contributed by atoms with Gasteiger partial charge in [0, 0.05) is 6.20 Å². The number of oxime groups is 1. The fourth-order valence-electron chi connectivity index (χ4n) is 1.84. The lowest BCUT2D eigenvalue weighted by Gasteiger charge is -2.16. The summed E-state index contributed by atoms with van der Waals surface area (Å²) in [6.45, 7) is 0. The van der Waals surface area contributed by atoms with Gasteiger partial charge in [-0.25, -0.2) is 0 Å². The third-order valence-corrected chi connectivity index (χ3v) is 3.14. The van der Waals surface area contributed by atoms with Crippen LogP contribution in [-0.2, 0) is 6.18 Å². The number of carbonyl (C=O) groups is 1. The number of halogens is 3. The van der Waals surface area contributed by atoms with E-state index in [9.17, 15) is 18.0 Å². The van der Waals surface area contributed by atoms with Gasteiger partial charge in [0.1, 0.15) is 5.69 Å². The second-order valence-corrected chi connectivity index (χ2v) is 4.74. The van der Waals surface area contributed by atoms with E-state index < -0.39 is 23.7 Å². The Bertz CT molecular complexity index is 553. The average molecular weight is 302 g/mol. The van der Waals surface area contributed by atoms with E-state index in [2.05, 4.69) is 15.5 Å². The Morgan fingerprint density at radius 3 is 2.57 bits per heavy atom. The number of pyridine rings is 1. The fourth-order valence-corrected chi connectivity index (χ4v) is 1.84. The first-order valence-corrected chi connectivity index (χ1v) is 6.14. The van der Waals surface area contributed by atoms with Crippen LogP contribution in [0.2, 0.25) is 0 Å². The van der Waals surface area contributed by atoms with Gasteiger partial charge in [0.25, 0.3) is 5.91 Å². The molecule has 1 aliphatic rings. The normalized spacial score (nSPS) is 17.4. The van der Waals surface area contributed by atoms with Gasteiger partial charge in [0.05, 0.1) is 11.6 Å². The van der Waals surface area contributed by atoms with Gasteiger partial charge in [-0.15, -0.1) is 0 Å². The van der Waals surface area contributed by atoms with Gasteiger partial charge in [-0.1, -0.05) is 5.16 Å². The quantitative estimate of drug-likeness (QED) is 0.338. The van der Waals surface area contributed by atoms with E-state index >= 15 is 0 Å². The van der Waals surface area contributed by atoms with Crippen LogP contribution < -0.4 is 11.1 Å². The van der Waals surface area contributed by atoms with Crippen molar-refractivity contribution in [3.8, 4) is 0 Å². The topological polar surface area (TPSA) is 101 Å². The Labute approximate surface area is 117 Å². The van der Waals surface area contributed by atoms with Crippen molar-refractivity contribution in [3.63, 3.8) is 0 Å². The fraction of sp³-hybridized carbons (Fsp3) is 0.417. The van der Waals surface area contributed by atoms with Crippen molar-refractivity contribution in [1.29, 1.82) is 0 Å². The van der Waals surface area contributed by atoms with Gasteiger partial charge >= 0.3 is 6.18 Å². The van der Waals surface area contributed by atoms with E-state index in [-0.39, 0.29) is 17.4 Å². The number of carbonyl (C=O) groups excluding carboxylic acids is 1. The summed E-state index contributed by atoms with van der Waals surface area (Å²) >= 11 is 0. The summed E-state index contributed by atoms with van der Waals surface area (Å²) in [6, 6.07) is 1.11. The van der Waals surface area contributed by atoms with Crippen LogP contribution in [0.25, 0.3) is 0 Å². The predicted octanol–water partition coefficient (Wildman–Crippen LogP) is 1.36. The van der Waals surface area contributed by atoms with E-state index in [0.717, 1.165) is 25.0 Å². The number of hydrogen-bond acceptors (Lipinski definition) is 4. The maximum Gasteiger partial charge on any atom is 0.417 e. The molecule has 2 rings (SSSR count). The van der Waals surface area contributed by atoms with E-state index in [0.29, 0.717) is 6.20 Å². The highest BCUT2D eigenvalue weighted by Gasteiger charge is 2.36. The third kappa shape index (κ3) is 3.61. The minimum Gasteiger partial charge on any atom is -0.409 e. The molecule has 9 heteroatoms. The number of aromatic nitrogens is 1. The zero-order chi connectivity index (χ0) is 15.6. The molecule has 1 saturated carbocycles. The number of nitrogens with one attached hydrogen (secondary N) is 1. The van der Waals surface area contributed by atoms with Crippen LogP contribution in [0.4, 0.5) is 13.2 Å². The standard InChI is InChI=1S/C12H13F3N4O2/c13-12(14,15)7-3-4-8(17-5-7)11(20)18-9(6-1-2-6)10(16)19-21/h3-6,9,21H,1-2H2,(H2,16,19)(H,18,20). The third-order valence-electron chi connectivity index (χ3n) is 3.14. The molecular formula is C12H13F3N4O2.